The summed E-state index contributed by atoms with van der Waals surface area (Å²) in [6.45, 7) is 2.55. The number of carbonyl (C=O) groups excluding carboxylic acids is 1. The van der Waals surface area contributed by atoms with E-state index in [0.717, 1.165) is 0 Å². The minimum atomic E-state index is -4.33. The smallest absolute Gasteiger partial charge is 0.323 e. The van der Waals surface area contributed by atoms with Gasteiger partial charge in [-0.1, -0.05) is 6.92 Å². The first-order valence-electron chi connectivity index (χ1n) is 4.00. The summed E-state index contributed by atoms with van der Waals surface area (Å²) in [5, 5.41) is 9.13. The summed E-state index contributed by atoms with van der Waals surface area (Å²) >= 11 is 0. The van der Waals surface area contributed by atoms with Gasteiger partial charge in [-0.05, 0) is 13.3 Å². The SMILES string of the molecule is CCC(C)(NCC(=O)NO)P(=O)(O)O. The Hall–Kier alpha value is -0.460. The van der Waals surface area contributed by atoms with Crippen molar-refractivity contribution in [3.8, 4) is 0 Å². The number of hydrogen-bond donors (Lipinski definition) is 5. The van der Waals surface area contributed by atoms with Crippen LogP contribution in [0.25, 0.3) is 0 Å². The Labute approximate surface area is 81.6 Å². The number of rotatable bonds is 5. The van der Waals surface area contributed by atoms with E-state index in [4.69, 9.17) is 15.0 Å². The average Bonchev–Trinajstić information content (AvgIpc) is 2.11. The molecule has 7 nitrogen and oxygen atoms in total. The highest BCUT2D eigenvalue weighted by Gasteiger charge is 2.40. The molecule has 0 saturated carbocycles. The predicted octanol–water partition coefficient (Wildman–Crippen LogP) is -0.615. The molecule has 0 aromatic heterocycles. The summed E-state index contributed by atoms with van der Waals surface area (Å²) in [6.07, 6.45) is 0.163. The van der Waals surface area contributed by atoms with Crippen molar-refractivity contribution in [1.82, 2.24) is 10.8 Å². The molecule has 0 fully saturated rings. The maximum absolute atomic E-state index is 11.0. The third-order valence-corrected chi connectivity index (χ3v) is 3.85. The fraction of sp³-hybridized carbons (Fsp3) is 0.833. The Bertz CT molecular complexity index is 253. The highest BCUT2D eigenvalue weighted by Crippen LogP contribution is 2.50. The molecule has 0 radical (unpaired) electrons. The highest BCUT2D eigenvalue weighted by atomic mass is 31.2. The summed E-state index contributed by atoms with van der Waals surface area (Å²) in [5.74, 6) is -0.752. The first-order chi connectivity index (χ1) is 6.27. The molecule has 0 aliphatic carbocycles. The fourth-order valence-electron chi connectivity index (χ4n) is 0.744. The second kappa shape index (κ2) is 4.86. The molecular formula is C6H15N2O5P. The van der Waals surface area contributed by atoms with Gasteiger partial charge in [-0.25, -0.2) is 5.48 Å². The van der Waals surface area contributed by atoms with Gasteiger partial charge in [-0.3, -0.25) is 19.9 Å². The van der Waals surface area contributed by atoms with E-state index in [-0.39, 0.29) is 13.0 Å². The van der Waals surface area contributed by atoms with E-state index in [0.29, 0.717) is 0 Å². The van der Waals surface area contributed by atoms with Gasteiger partial charge in [0.1, 0.15) is 5.28 Å². The molecule has 0 aromatic carbocycles. The van der Waals surface area contributed by atoms with Crippen molar-refractivity contribution < 1.29 is 24.4 Å². The van der Waals surface area contributed by atoms with Gasteiger partial charge >= 0.3 is 7.60 Å². The Morgan fingerprint density at radius 1 is 1.50 bits per heavy atom. The quantitative estimate of drug-likeness (QED) is 0.242. The van der Waals surface area contributed by atoms with Crippen LogP contribution in [0.1, 0.15) is 20.3 Å². The molecule has 84 valence electrons. The van der Waals surface area contributed by atoms with E-state index >= 15 is 0 Å². The van der Waals surface area contributed by atoms with Crippen LogP contribution in [-0.4, -0.2) is 32.7 Å². The van der Waals surface area contributed by atoms with Crippen LogP contribution in [0.5, 0.6) is 0 Å². The zero-order chi connectivity index (χ0) is 11.4. The van der Waals surface area contributed by atoms with E-state index in [2.05, 4.69) is 5.32 Å². The van der Waals surface area contributed by atoms with Crippen molar-refractivity contribution >= 4 is 13.5 Å². The van der Waals surface area contributed by atoms with Crippen LogP contribution in [0.3, 0.4) is 0 Å². The highest BCUT2D eigenvalue weighted by molar-refractivity contribution is 7.53. The first-order valence-corrected chi connectivity index (χ1v) is 5.61. The summed E-state index contributed by atoms with van der Waals surface area (Å²) in [4.78, 5) is 28.6. The number of hydrogen-bond acceptors (Lipinski definition) is 4. The van der Waals surface area contributed by atoms with Gasteiger partial charge in [0.15, 0.2) is 0 Å². The van der Waals surface area contributed by atoms with Gasteiger partial charge in [-0.2, -0.15) is 0 Å². The van der Waals surface area contributed by atoms with Crippen molar-refractivity contribution in [3.05, 3.63) is 0 Å². The third kappa shape index (κ3) is 3.36. The van der Waals surface area contributed by atoms with Crippen molar-refractivity contribution in [2.24, 2.45) is 0 Å². The predicted molar refractivity (Wildman–Crippen MR) is 48.7 cm³/mol. The van der Waals surface area contributed by atoms with Gasteiger partial charge in [0.25, 0.3) is 5.91 Å². The molecule has 0 heterocycles. The molecule has 14 heavy (non-hydrogen) atoms. The lowest BCUT2D eigenvalue weighted by Crippen LogP contribution is -2.46. The van der Waals surface area contributed by atoms with Crippen molar-refractivity contribution in [2.45, 2.75) is 25.5 Å². The molecule has 1 atom stereocenters. The van der Waals surface area contributed by atoms with Gasteiger partial charge in [0, 0.05) is 0 Å². The Balaban J connectivity index is 4.43. The average molecular weight is 226 g/mol. The minimum absolute atomic E-state index is 0.163. The first kappa shape index (κ1) is 13.5. The Kier molecular flexibility index (Phi) is 4.70. The Morgan fingerprint density at radius 3 is 2.29 bits per heavy atom. The van der Waals surface area contributed by atoms with Gasteiger partial charge < -0.3 is 9.79 Å². The summed E-state index contributed by atoms with van der Waals surface area (Å²) < 4.78 is 11.0. The molecule has 0 aliphatic rings. The fourth-order valence-corrected chi connectivity index (χ4v) is 1.44. The van der Waals surface area contributed by atoms with Crippen LogP contribution in [-0.2, 0) is 9.36 Å². The molecule has 0 rings (SSSR count). The summed E-state index contributed by atoms with van der Waals surface area (Å²) in [6, 6.07) is 0. The molecule has 0 aliphatic heterocycles. The lowest BCUT2D eigenvalue weighted by molar-refractivity contribution is -0.128. The second-order valence-corrected chi connectivity index (χ2v) is 5.14. The van der Waals surface area contributed by atoms with Crippen LogP contribution in [0, 0.1) is 0 Å². The number of nitrogens with one attached hydrogen (secondary N) is 2. The largest absolute Gasteiger partial charge is 0.345 e. The lowest BCUT2D eigenvalue weighted by atomic mass is 10.2. The van der Waals surface area contributed by atoms with E-state index in [1.54, 1.807) is 6.92 Å². The van der Waals surface area contributed by atoms with E-state index in [1.807, 2.05) is 0 Å². The van der Waals surface area contributed by atoms with Crippen LogP contribution >= 0.6 is 7.60 Å². The number of hydroxylamine groups is 1. The number of amides is 1. The molecule has 5 N–H and O–H groups in total. The molecule has 0 bridgehead atoms. The Morgan fingerprint density at radius 2 is 2.00 bits per heavy atom. The third-order valence-electron chi connectivity index (χ3n) is 2.09. The maximum Gasteiger partial charge on any atom is 0.345 e. The van der Waals surface area contributed by atoms with Gasteiger partial charge in [-0.15, -0.1) is 0 Å². The number of carbonyl (C=O) groups is 1. The van der Waals surface area contributed by atoms with Crippen LogP contribution < -0.4 is 10.8 Å². The van der Waals surface area contributed by atoms with Crippen LogP contribution in [0.4, 0.5) is 0 Å². The van der Waals surface area contributed by atoms with E-state index < -0.39 is 18.8 Å². The van der Waals surface area contributed by atoms with Crippen molar-refractivity contribution in [2.75, 3.05) is 6.54 Å². The molecule has 0 spiro atoms. The minimum Gasteiger partial charge on any atom is -0.323 e. The molecule has 0 aromatic rings. The molecule has 1 unspecified atom stereocenters. The molecule has 0 saturated heterocycles. The second-order valence-electron chi connectivity index (χ2n) is 3.06. The molecule has 8 heteroatoms. The zero-order valence-electron chi connectivity index (χ0n) is 8.02. The summed E-state index contributed by atoms with van der Waals surface area (Å²) in [7, 11) is -4.33. The topological polar surface area (TPSA) is 119 Å². The van der Waals surface area contributed by atoms with Gasteiger partial charge in [0.2, 0.25) is 0 Å². The zero-order valence-corrected chi connectivity index (χ0v) is 8.91. The monoisotopic (exact) mass is 226 g/mol. The van der Waals surface area contributed by atoms with E-state index in [1.165, 1.54) is 12.4 Å². The normalized spacial score (nSPS) is 16.1. The van der Waals surface area contributed by atoms with E-state index in [9.17, 15) is 9.36 Å². The molecular weight excluding hydrogens is 211 g/mol. The van der Waals surface area contributed by atoms with Crippen LogP contribution in [0.2, 0.25) is 0 Å². The summed E-state index contributed by atoms with van der Waals surface area (Å²) in [5.41, 5.74) is 1.36. The maximum atomic E-state index is 11.0. The standard InChI is InChI=1S/C6H15N2O5P/c1-3-6(2,14(11,12)13)7-4-5(9)8-10/h7,10H,3-4H2,1-2H3,(H,8,9)(H2,11,12,13). The molecule has 1 amide bonds. The lowest BCUT2D eigenvalue weighted by Gasteiger charge is -2.29. The van der Waals surface area contributed by atoms with Crippen LogP contribution in [0.15, 0.2) is 0 Å². The van der Waals surface area contributed by atoms with Gasteiger partial charge in [0.05, 0.1) is 6.54 Å². The van der Waals surface area contributed by atoms with Crippen molar-refractivity contribution in [3.63, 3.8) is 0 Å². The van der Waals surface area contributed by atoms with Crippen molar-refractivity contribution in [1.29, 1.82) is 0 Å².